The second kappa shape index (κ2) is 7.43. The fraction of sp³-hybridized carbons (Fsp3) is 0.0909. The summed E-state index contributed by atoms with van der Waals surface area (Å²) in [5.74, 6) is 0.123. The highest BCUT2D eigenvalue weighted by Crippen LogP contribution is 2.32. The lowest BCUT2D eigenvalue weighted by atomic mass is 9.99. The Kier molecular flexibility index (Phi) is 4.68. The predicted octanol–water partition coefficient (Wildman–Crippen LogP) is 2.82. The number of aromatic hydroxyl groups is 1. The van der Waals surface area contributed by atoms with Crippen molar-refractivity contribution in [3.8, 4) is 16.9 Å². The van der Waals surface area contributed by atoms with Gasteiger partial charge in [-0.2, -0.15) is 0 Å². The van der Waals surface area contributed by atoms with Crippen LogP contribution in [0.15, 0.2) is 82.3 Å². The lowest BCUT2D eigenvalue weighted by Gasteiger charge is -2.10. The molecule has 0 saturated carbocycles. The molecule has 3 N–H and O–H groups in total. The molecule has 2 aromatic heterocycles. The van der Waals surface area contributed by atoms with Crippen LogP contribution in [0.4, 0.5) is 0 Å². The first-order valence-corrected chi connectivity index (χ1v) is 8.77. The molecule has 0 atom stereocenters. The topological polar surface area (TPSA) is 79.9 Å². The maximum atomic E-state index is 12.2. The predicted molar refractivity (Wildman–Crippen MR) is 103 cm³/mol. The molecule has 0 aliphatic heterocycles. The number of hydrogen-bond donors (Lipinski definition) is 2. The van der Waals surface area contributed by atoms with Crippen LogP contribution in [0, 0.1) is 0 Å². The summed E-state index contributed by atoms with van der Waals surface area (Å²) in [7, 11) is 0. The summed E-state index contributed by atoms with van der Waals surface area (Å²) in [5.41, 5.74) is 3.45. The molecule has 5 nitrogen and oxygen atoms in total. The van der Waals surface area contributed by atoms with Gasteiger partial charge in [-0.1, -0.05) is 36.4 Å². The van der Waals surface area contributed by atoms with Gasteiger partial charge in [-0.25, -0.2) is 4.79 Å². The Labute approximate surface area is 155 Å². The first-order valence-electron chi connectivity index (χ1n) is 8.77. The zero-order valence-electron chi connectivity index (χ0n) is 14.6. The van der Waals surface area contributed by atoms with Gasteiger partial charge in [0.2, 0.25) is 0 Å². The van der Waals surface area contributed by atoms with Gasteiger partial charge in [0.05, 0.1) is 5.56 Å². The molecule has 4 rings (SSSR count). The van der Waals surface area contributed by atoms with Crippen LogP contribution in [0.5, 0.6) is 5.75 Å². The Bertz CT molecular complexity index is 1120. The monoisotopic (exact) mass is 359 g/mol. The highest BCUT2D eigenvalue weighted by molar-refractivity contribution is 5.95. The zero-order chi connectivity index (χ0) is 18.6. The molecule has 2 heterocycles. The second-order valence-electron chi connectivity index (χ2n) is 6.34. The molecule has 0 aliphatic carbocycles. The number of aromatic nitrogens is 1. The van der Waals surface area contributed by atoms with E-state index in [4.69, 9.17) is 4.42 Å². The number of quaternary nitrogens is 1. The molecule has 134 valence electrons. The van der Waals surface area contributed by atoms with Gasteiger partial charge in [0.25, 0.3) is 0 Å². The van der Waals surface area contributed by atoms with E-state index in [2.05, 4.69) is 4.98 Å². The molecule has 4 aromatic rings. The van der Waals surface area contributed by atoms with Gasteiger partial charge in [-0.05, 0) is 29.3 Å². The van der Waals surface area contributed by atoms with Gasteiger partial charge in [-0.3, -0.25) is 4.98 Å². The van der Waals surface area contributed by atoms with E-state index >= 15 is 0 Å². The Morgan fingerprint density at radius 2 is 1.85 bits per heavy atom. The standard InChI is InChI=1S/C22H18N2O3/c25-20-9-8-17-18(16-6-2-1-3-7-16)11-21(26)27-22(17)19(20)14-24-13-15-5-4-10-23-12-15/h1-12,24-25H,13-14H2/p+1. The number of phenolic OH excluding ortho intramolecular Hbond substituents is 1. The fourth-order valence-electron chi connectivity index (χ4n) is 3.23. The number of fused-ring (bicyclic) bond motifs is 1. The third-order valence-corrected chi connectivity index (χ3v) is 4.53. The number of phenols is 1. The van der Waals surface area contributed by atoms with Crippen LogP contribution in [0.1, 0.15) is 11.1 Å². The highest BCUT2D eigenvalue weighted by atomic mass is 16.4. The molecular weight excluding hydrogens is 340 g/mol. The summed E-state index contributed by atoms with van der Waals surface area (Å²) >= 11 is 0. The first-order chi connectivity index (χ1) is 13.2. The largest absolute Gasteiger partial charge is 0.507 e. The van der Waals surface area contributed by atoms with Gasteiger partial charge < -0.3 is 14.8 Å². The summed E-state index contributed by atoms with van der Waals surface area (Å²) in [6, 6.07) is 18.5. The lowest BCUT2D eigenvalue weighted by molar-refractivity contribution is -0.686. The number of hydrogen-bond acceptors (Lipinski definition) is 4. The van der Waals surface area contributed by atoms with Crippen LogP contribution in [-0.2, 0) is 13.1 Å². The molecule has 0 aliphatic rings. The highest BCUT2D eigenvalue weighted by Gasteiger charge is 2.16. The maximum Gasteiger partial charge on any atom is 0.336 e. The van der Waals surface area contributed by atoms with Crippen molar-refractivity contribution < 1.29 is 14.8 Å². The second-order valence-corrected chi connectivity index (χ2v) is 6.34. The van der Waals surface area contributed by atoms with E-state index in [1.165, 1.54) is 6.07 Å². The van der Waals surface area contributed by atoms with E-state index in [9.17, 15) is 9.90 Å². The molecule has 0 unspecified atom stereocenters. The molecule has 5 heteroatoms. The minimum absolute atomic E-state index is 0.123. The summed E-state index contributed by atoms with van der Waals surface area (Å²) < 4.78 is 5.49. The van der Waals surface area contributed by atoms with Crippen LogP contribution in [0.3, 0.4) is 0 Å². The van der Waals surface area contributed by atoms with Crippen molar-refractivity contribution in [2.45, 2.75) is 13.1 Å². The molecular formula is C22H19N2O3+. The Morgan fingerprint density at radius 1 is 1.00 bits per heavy atom. The Balaban J connectivity index is 1.73. The number of pyridine rings is 1. The van der Waals surface area contributed by atoms with Gasteiger partial charge in [-0.15, -0.1) is 0 Å². The van der Waals surface area contributed by atoms with Gasteiger partial charge in [0.15, 0.2) is 5.58 Å². The molecule has 2 aromatic carbocycles. The normalized spacial score (nSPS) is 11.0. The molecule has 0 fully saturated rings. The number of nitrogens with two attached hydrogens (primary N) is 1. The van der Waals surface area contributed by atoms with Crippen molar-refractivity contribution in [2.24, 2.45) is 0 Å². The molecule has 0 saturated heterocycles. The van der Waals surface area contributed by atoms with Crippen LogP contribution >= 0.6 is 0 Å². The Morgan fingerprint density at radius 3 is 2.63 bits per heavy atom. The minimum Gasteiger partial charge on any atom is -0.507 e. The van der Waals surface area contributed by atoms with Crippen molar-refractivity contribution in [3.05, 3.63) is 94.6 Å². The van der Waals surface area contributed by atoms with Crippen LogP contribution in [0.25, 0.3) is 22.1 Å². The smallest absolute Gasteiger partial charge is 0.336 e. The van der Waals surface area contributed by atoms with Crippen molar-refractivity contribution in [1.29, 1.82) is 0 Å². The third-order valence-electron chi connectivity index (χ3n) is 4.53. The number of rotatable bonds is 5. The zero-order valence-corrected chi connectivity index (χ0v) is 14.6. The lowest BCUT2D eigenvalue weighted by Crippen LogP contribution is -2.80. The number of benzene rings is 2. The first kappa shape index (κ1) is 17.0. The fourth-order valence-corrected chi connectivity index (χ4v) is 3.23. The SMILES string of the molecule is O=c1cc(-c2ccccc2)c2ccc(O)c(C[NH2+]Cc3cccnc3)c2o1. The van der Waals surface area contributed by atoms with E-state index in [0.29, 0.717) is 24.2 Å². The van der Waals surface area contributed by atoms with Gasteiger partial charge in [0, 0.05) is 29.4 Å². The third kappa shape index (κ3) is 3.59. The van der Waals surface area contributed by atoms with E-state index in [-0.39, 0.29) is 5.75 Å². The number of nitrogens with zero attached hydrogens (tertiary/aromatic N) is 1. The minimum atomic E-state index is -0.430. The molecule has 0 spiro atoms. The summed E-state index contributed by atoms with van der Waals surface area (Å²) in [5, 5.41) is 13.2. The van der Waals surface area contributed by atoms with E-state index in [0.717, 1.165) is 22.1 Å². The average molecular weight is 359 g/mol. The molecule has 0 amide bonds. The molecule has 27 heavy (non-hydrogen) atoms. The van der Waals surface area contributed by atoms with Crippen molar-refractivity contribution in [3.63, 3.8) is 0 Å². The van der Waals surface area contributed by atoms with Crippen LogP contribution in [-0.4, -0.2) is 10.1 Å². The molecule has 0 bridgehead atoms. The van der Waals surface area contributed by atoms with Crippen LogP contribution < -0.4 is 10.9 Å². The quantitative estimate of drug-likeness (QED) is 0.537. The van der Waals surface area contributed by atoms with E-state index in [1.807, 2.05) is 54.0 Å². The Hall–Kier alpha value is -3.44. The van der Waals surface area contributed by atoms with Gasteiger partial charge >= 0.3 is 5.63 Å². The van der Waals surface area contributed by atoms with Crippen LogP contribution in [0.2, 0.25) is 0 Å². The van der Waals surface area contributed by atoms with Crippen molar-refractivity contribution in [2.75, 3.05) is 0 Å². The maximum absolute atomic E-state index is 12.2. The summed E-state index contributed by atoms with van der Waals surface area (Å²) in [6.07, 6.45) is 3.55. The van der Waals surface area contributed by atoms with Crippen molar-refractivity contribution in [1.82, 2.24) is 4.98 Å². The van der Waals surface area contributed by atoms with Crippen molar-refractivity contribution >= 4 is 11.0 Å². The average Bonchev–Trinajstić information content (AvgIpc) is 2.70. The summed E-state index contributed by atoms with van der Waals surface area (Å²) in [6.45, 7) is 1.20. The van der Waals surface area contributed by atoms with E-state index < -0.39 is 5.63 Å². The van der Waals surface area contributed by atoms with E-state index in [1.54, 1.807) is 18.3 Å². The summed E-state index contributed by atoms with van der Waals surface area (Å²) in [4.78, 5) is 16.3. The van der Waals surface area contributed by atoms with Gasteiger partial charge in [0.1, 0.15) is 18.8 Å². The molecule has 0 radical (unpaired) electrons.